The Kier molecular flexibility index (Phi) is 6.09. The average Bonchev–Trinajstić information content (AvgIpc) is 2.56. The van der Waals surface area contributed by atoms with E-state index >= 15 is 0 Å². The van der Waals surface area contributed by atoms with Gasteiger partial charge in [0, 0.05) is 24.3 Å². The molecule has 122 valence electrons. The molecule has 1 amide bonds. The Morgan fingerprint density at radius 1 is 1.30 bits per heavy atom. The number of benzene rings is 1. The van der Waals surface area contributed by atoms with E-state index in [-0.39, 0.29) is 17.8 Å². The van der Waals surface area contributed by atoms with E-state index in [0.29, 0.717) is 29.9 Å². The van der Waals surface area contributed by atoms with E-state index < -0.39 is 0 Å². The van der Waals surface area contributed by atoms with Crippen molar-refractivity contribution in [2.75, 3.05) is 11.9 Å². The van der Waals surface area contributed by atoms with Crippen molar-refractivity contribution in [3.8, 4) is 0 Å². The molecule has 0 aliphatic heterocycles. The molecular weight excluding hydrogens is 293 g/mol. The van der Waals surface area contributed by atoms with Crippen LogP contribution >= 0.6 is 0 Å². The first kappa shape index (κ1) is 16.9. The van der Waals surface area contributed by atoms with Gasteiger partial charge in [0.2, 0.25) is 0 Å². The highest BCUT2D eigenvalue weighted by Crippen LogP contribution is 2.10. The molecule has 0 bridgehead atoms. The van der Waals surface area contributed by atoms with E-state index in [1.54, 1.807) is 30.5 Å². The SMILES string of the molecule is CCC(C)NC(=O)c1ccnc(NCCc2ccccc2F)c1. The lowest BCUT2D eigenvalue weighted by atomic mass is 10.1. The Balaban J connectivity index is 1.92. The Bertz CT molecular complexity index is 660. The van der Waals surface area contributed by atoms with E-state index in [2.05, 4.69) is 15.6 Å². The van der Waals surface area contributed by atoms with E-state index in [1.165, 1.54) is 6.07 Å². The van der Waals surface area contributed by atoms with Crippen LogP contribution in [-0.4, -0.2) is 23.5 Å². The number of hydrogen-bond acceptors (Lipinski definition) is 3. The molecule has 0 aliphatic rings. The highest BCUT2D eigenvalue weighted by atomic mass is 19.1. The number of pyridine rings is 1. The third-order valence-corrected chi connectivity index (χ3v) is 3.67. The summed E-state index contributed by atoms with van der Waals surface area (Å²) in [5.74, 6) is 0.293. The second-order valence-electron chi connectivity index (χ2n) is 5.48. The molecule has 0 radical (unpaired) electrons. The largest absolute Gasteiger partial charge is 0.370 e. The molecule has 5 heteroatoms. The smallest absolute Gasteiger partial charge is 0.251 e. The summed E-state index contributed by atoms with van der Waals surface area (Å²) in [7, 11) is 0. The number of carbonyl (C=O) groups excluding carboxylic acids is 1. The molecular formula is C18H22FN3O. The van der Waals surface area contributed by atoms with Crippen molar-refractivity contribution in [3.05, 3.63) is 59.5 Å². The molecule has 0 saturated carbocycles. The van der Waals surface area contributed by atoms with Crippen molar-refractivity contribution in [1.82, 2.24) is 10.3 Å². The molecule has 0 saturated heterocycles. The molecule has 0 spiro atoms. The van der Waals surface area contributed by atoms with Crippen molar-refractivity contribution >= 4 is 11.7 Å². The molecule has 23 heavy (non-hydrogen) atoms. The molecule has 2 N–H and O–H groups in total. The highest BCUT2D eigenvalue weighted by Gasteiger charge is 2.09. The molecule has 4 nitrogen and oxygen atoms in total. The van der Waals surface area contributed by atoms with Crippen LogP contribution < -0.4 is 10.6 Å². The van der Waals surface area contributed by atoms with Gasteiger partial charge in [0.1, 0.15) is 11.6 Å². The number of anilines is 1. The third-order valence-electron chi connectivity index (χ3n) is 3.67. The highest BCUT2D eigenvalue weighted by molar-refractivity contribution is 5.94. The van der Waals surface area contributed by atoms with Gasteiger partial charge in [-0.3, -0.25) is 4.79 Å². The Labute approximate surface area is 136 Å². The van der Waals surface area contributed by atoms with Crippen molar-refractivity contribution in [1.29, 1.82) is 0 Å². The number of halogens is 1. The fourth-order valence-corrected chi connectivity index (χ4v) is 2.10. The number of nitrogens with one attached hydrogen (secondary N) is 2. The third kappa shape index (κ3) is 5.06. The van der Waals surface area contributed by atoms with Gasteiger partial charge in [-0.05, 0) is 43.5 Å². The lowest BCUT2D eigenvalue weighted by Crippen LogP contribution is -2.31. The van der Waals surface area contributed by atoms with Crippen LogP contribution in [0.4, 0.5) is 10.2 Å². The minimum Gasteiger partial charge on any atom is -0.370 e. The van der Waals surface area contributed by atoms with E-state index in [9.17, 15) is 9.18 Å². The van der Waals surface area contributed by atoms with Crippen molar-refractivity contribution < 1.29 is 9.18 Å². The first-order chi connectivity index (χ1) is 11.1. The van der Waals surface area contributed by atoms with Crippen LogP contribution in [0.5, 0.6) is 0 Å². The predicted octanol–water partition coefficient (Wildman–Crippen LogP) is 3.40. The molecule has 1 aromatic carbocycles. The zero-order valence-corrected chi connectivity index (χ0v) is 13.5. The van der Waals surface area contributed by atoms with Gasteiger partial charge in [-0.15, -0.1) is 0 Å². The first-order valence-corrected chi connectivity index (χ1v) is 7.84. The molecule has 2 aromatic rings. The van der Waals surface area contributed by atoms with E-state index in [4.69, 9.17) is 0 Å². The quantitative estimate of drug-likeness (QED) is 0.823. The zero-order chi connectivity index (χ0) is 16.7. The number of amides is 1. The second kappa shape index (κ2) is 8.27. The second-order valence-corrected chi connectivity index (χ2v) is 5.48. The Hall–Kier alpha value is -2.43. The summed E-state index contributed by atoms with van der Waals surface area (Å²) >= 11 is 0. The molecule has 0 fully saturated rings. The molecule has 1 aromatic heterocycles. The van der Waals surface area contributed by atoms with Gasteiger partial charge in [0.15, 0.2) is 0 Å². The maximum Gasteiger partial charge on any atom is 0.251 e. The maximum atomic E-state index is 13.5. The van der Waals surface area contributed by atoms with Gasteiger partial charge in [-0.25, -0.2) is 9.37 Å². The zero-order valence-electron chi connectivity index (χ0n) is 13.5. The van der Waals surface area contributed by atoms with Crippen LogP contribution in [0.3, 0.4) is 0 Å². The summed E-state index contributed by atoms with van der Waals surface area (Å²) in [6.07, 6.45) is 3.03. The predicted molar refractivity (Wildman–Crippen MR) is 90.0 cm³/mol. The Morgan fingerprint density at radius 3 is 2.83 bits per heavy atom. The molecule has 2 rings (SSSR count). The first-order valence-electron chi connectivity index (χ1n) is 7.84. The van der Waals surface area contributed by atoms with Crippen LogP contribution in [0.2, 0.25) is 0 Å². The van der Waals surface area contributed by atoms with Gasteiger partial charge in [0.25, 0.3) is 5.91 Å². The molecule has 1 atom stereocenters. The van der Waals surface area contributed by atoms with E-state index in [0.717, 1.165) is 6.42 Å². The summed E-state index contributed by atoms with van der Waals surface area (Å²) < 4.78 is 13.5. The van der Waals surface area contributed by atoms with Crippen LogP contribution in [0, 0.1) is 5.82 Å². The number of nitrogens with zero attached hydrogens (tertiary/aromatic N) is 1. The fourth-order valence-electron chi connectivity index (χ4n) is 2.10. The van der Waals surface area contributed by atoms with Crippen molar-refractivity contribution in [2.24, 2.45) is 0 Å². The summed E-state index contributed by atoms with van der Waals surface area (Å²) in [5, 5.41) is 6.04. The normalized spacial score (nSPS) is 11.8. The molecule has 1 heterocycles. The van der Waals surface area contributed by atoms with Gasteiger partial charge < -0.3 is 10.6 Å². The standard InChI is InChI=1S/C18H22FN3O/c1-3-13(2)22-18(23)15-9-11-21-17(12-15)20-10-8-14-6-4-5-7-16(14)19/h4-7,9,11-13H,3,8,10H2,1-2H3,(H,20,21)(H,22,23). The summed E-state index contributed by atoms with van der Waals surface area (Å²) in [6, 6.07) is 10.2. The molecule has 1 unspecified atom stereocenters. The number of hydrogen-bond donors (Lipinski definition) is 2. The van der Waals surface area contributed by atoms with Crippen LogP contribution in [0.25, 0.3) is 0 Å². The van der Waals surface area contributed by atoms with Crippen LogP contribution in [-0.2, 0) is 6.42 Å². The van der Waals surface area contributed by atoms with Gasteiger partial charge in [-0.1, -0.05) is 25.1 Å². The van der Waals surface area contributed by atoms with Crippen molar-refractivity contribution in [2.45, 2.75) is 32.7 Å². The number of rotatable bonds is 7. The van der Waals surface area contributed by atoms with Gasteiger partial charge in [-0.2, -0.15) is 0 Å². The van der Waals surface area contributed by atoms with Crippen molar-refractivity contribution in [3.63, 3.8) is 0 Å². The fraction of sp³-hybridized carbons (Fsp3) is 0.333. The average molecular weight is 315 g/mol. The van der Waals surface area contributed by atoms with Gasteiger partial charge >= 0.3 is 0 Å². The summed E-state index contributed by atoms with van der Waals surface area (Å²) in [6.45, 7) is 4.53. The topological polar surface area (TPSA) is 54.0 Å². The Morgan fingerprint density at radius 2 is 2.09 bits per heavy atom. The minimum atomic E-state index is -0.205. The molecule has 0 aliphatic carbocycles. The summed E-state index contributed by atoms with van der Waals surface area (Å²) in [4.78, 5) is 16.3. The minimum absolute atomic E-state index is 0.112. The number of carbonyl (C=O) groups is 1. The monoisotopic (exact) mass is 315 g/mol. The van der Waals surface area contributed by atoms with Gasteiger partial charge in [0.05, 0.1) is 0 Å². The lowest BCUT2D eigenvalue weighted by molar-refractivity contribution is 0.0939. The number of aromatic nitrogens is 1. The van der Waals surface area contributed by atoms with Crippen LogP contribution in [0.1, 0.15) is 36.2 Å². The maximum absolute atomic E-state index is 13.5. The van der Waals surface area contributed by atoms with E-state index in [1.807, 2.05) is 19.9 Å². The lowest BCUT2D eigenvalue weighted by Gasteiger charge is -2.12. The van der Waals surface area contributed by atoms with Crippen LogP contribution in [0.15, 0.2) is 42.6 Å². The summed E-state index contributed by atoms with van der Waals surface area (Å²) in [5.41, 5.74) is 1.22.